The second-order valence-corrected chi connectivity index (χ2v) is 4.21. The maximum Gasteiger partial charge on any atom is 0.332 e. The minimum atomic E-state index is -3.56. The second-order valence-electron chi connectivity index (χ2n) is 2.78. The molecule has 0 unspecified atom stereocenters. The van der Waals surface area contributed by atoms with E-state index in [9.17, 15) is 8.42 Å². The minimum Gasteiger partial charge on any atom is -0.497 e. The largest absolute Gasteiger partial charge is 0.497 e. The van der Waals surface area contributed by atoms with Crippen molar-refractivity contribution in [2.24, 2.45) is 0 Å². The summed E-state index contributed by atoms with van der Waals surface area (Å²) in [5, 5.41) is 1.03. The van der Waals surface area contributed by atoms with Crippen molar-refractivity contribution in [2.45, 2.75) is 0 Å². The quantitative estimate of drug-likeness (QED) is 0.660. The highest BCUT2D eigenvalue weighted by atomic mass is 32.2. The molecule has 0 N–H and O–H groups in total. The third-order valence-electron chi connectivity index (χ3n) is 1.84. The van der Waals surface area contributed by atoms with E-state index in [0.717, 1.165) is 11.0 Å². The molecule has 0 aliphatic carbocycles. The third-order valence-corrected chi connectivity index (χ3v) is 2.72. The molecule has 2 rings (SSSR count). The molecule has 1 heterocycles. The zero-order valence-electron chi connectivity index (χ0n) is 7.43. The Morgan fingerprint density at radius 2 is 2.14 bits per heavy atom. The molecule has 0 atom stereocenters. The molecular formula is C9H8O4S. The van der Waals surface area contributed by atoms with Gasteiger partial charge in [-0.2, -0.15) is 8.42 Å². The molecule has 74 valence electrons. The van der Waals surface area contributed by atoms with Gasteiger partial charge in [0.2, 0.25) is 0 Å². The first-order valence-electron chi connectivity index (χ1n) is 3.91. The van der Waals surface area contributed by atoms with Gasteiger partial charge in [-0.15, -0.1) is 0 Å². The van der Waals surface area contributed by atoms with Crippen LogP contribution in [0.5, 0.6) is 11.5 Å². The van der Waals surface area contributed by atoms with Gasteiger partial charge in [-0.1, -0.05) is 0 Å². The summed E-state index contributed by atoms with van der Waals surface area (Å²) in [7, 11) is -2.05. The van der Waals surface area contributed by atoms with Crippen molar-refractivity contribution in [3.8, 4) is 11.5 Å². The van der Waals surface area contributed by atoms with E-state index in [4.69, 9.17) is 8.92 Å². The summed E-state index contributed by atoms with van der Waals surface area (Å²) >= 11 is 0. The standard InChI is InChI=1S/C9H8O4S/c1-12-8-3-2-7-4-5-14(10,11)13-9(7)6-8/h2-6H,1H3. The molecule has 0 saturated heterocycles. The van der Waals surface area contributed by atoms with Crippen LogP contribution >= 0.6 is 0 Å². The maximum absolute atomic E-state index is 11.1. The highest BCUT2D eigenvalue weighted by molar-refractivity contribution is 7.90. The van der Waals surface area contributed by atoms with Crippen LogP contribution in [0.15, 0.2) is 23.6 Å². The molecule has 1 aliphatic heterocycles. The molecule has 0 amide bonds. The number of methoxy groups -OCH3 is 1. The van der Waals surface area contributed by atoms with Gasteiger partial charge in [-0.3, -0.25) is 0 Å². The van der Waals surface area contributed by atoms with E-state index >= 15 is 0 Å². The number of fused-ring (bicyclic) bond motifs is 1. The molecule has 0 saturated carbocycles. The summed E-state index contributed by atoms with van der Waals surface area (Å²) in [5.74, 6) is 0.862. The van der Waals surface area contributed by atoms with Gasteiger partial charge in [0.05, 0.1) is 12.5 Å². The Labute approximate surface area is 81.9 Å². The average Bonchev–Trinajstić information content (AvgIpc) is 2.15. The van der Waals surface area contributed by atoms with Crippen LogP contribution in [-0.4, -0.2) is 15.5 Å². The van der Waals surface area contributed by atoms with E-state index in [1.165, 1.54) is 19.3 Å². The van der Waals surface area contributed by atoms with E-state index in [-0.39, 0.29) is 0 Å². The van der Waals surface area contributed by atoms with E-state index in [1.807, 2.05) is 0 Å². The number of rotatable bonds is 1. The second kappa shape index (κ2) is 3.02. The fourth-order valence-corrected chi connectivity index (χ4v) is 1.92. The molecule has 14 heavy (non-hydrogen) atoms. The molecule has 1 aromatic carbocycles. The summed E-state index contributed by atoms with van der Waals surface area (Å²) in [6.07, 6.45) is 1.49. The minimum absolute atomic E-state index is 0.298. The summed E-state index contributed by atoms with van der Waals surface area (Å²) in [6.45, 7) is 0. The highest BCUT2D eigenvalue weighted by Crippen LogP contribution is 2.30. The normalized spacial score (nSPS) is 16.9. The van der Waals surface area contributed by atoms with Crippen molar-refractivity contribution in [3.05, 3.63) is 29.2 Å². The number of ether oxygens (including phenoxy) is 1. The molecule has 1 aliphatic rings. The van der Waals surface area contributed by atoms with Crippen LogP contribution in [0.3, 0.4) is 0 Å². The number of hydrogen-bond donors (Lipinski definition) is 0. The molecule has 1 aromatic rings. The van der Waals surface area contributed by atoms with Crippen LogP contribution in [-0.2, 0) is 10.1 Å². The van der Waals surface area contributed by atoms with Crippen molar-refractivity contribution in [1.29, 1.82) is 0 Å². The number of benzene rings is 1. The van der Waals surface area contributed by atoms with Crippen molar-refractivity contribution >= 4 is 16.2 Å². The van der Waals surface area contributed by atoms with Gasteiger partial charge in [0.1, 0.15) is 5.75 Å². The third kappa shape index (κ3) is 1.58. The molecular weight excluding hydrogens is 204 g/mol. The first-order chi connectivity index (χ1) is 6.61. The predicted molar refractivity (Wildman–Crippen MR) is 51.6 cm³/mol. The van der Waals surface area contributed by atoms with Crippen LogP contribution in [0.2, 0.25) is 0 Å². The lowest BCUT2D eigenvalue weighted by atomic mass is 10.2. The Kier molecular flexibility index (Phi) is 1.96. The Bertz CT molecular complexity index is 488. The van der Waals surface area contributed by atoms with Crippen LogP contribution in [0, 0.1) is 0 Å². The Morgan fingerprint density at radius 1 is 1.36 bits per heavy atom. The van der Waals surface area contributed by atoms with E-state index in [1.54, 1.807) is 12.1 Å². The van der Waals surface area contributed by atoms with Crippen molar-refractivity contribution in [1.82, 2.24) is 0 Å². The van der Waals surface area contributed by atoms with Gasteiger partial charge < -0.3 is 8.92 Å². The predicted octanol–water partition coefficient (Wildman–Crippen LogP) is 1.39. The summed E-state index contributed by atoms with van der Waals surface area (Å²) in [5.41, 5.74) is 0.723. The number of hydrogen-bond acceptors (Lipinski definition) is 4. The topological polar surface area (TPSA) is 52.6 Å². The van der Waals surface area contributed by atoms with Crippen LogP contribution in [0.4, 0.5) is 0 Å². The van der Waals surface area contributed by atoms with E-state index < -0.39 is 10.1 Å². The summed E-state index contributed by atoms with van der Waals surface area (Å²) < 4.78 is 31.8. The summed E-state index contributed by atoms with van der Waals surface area (Å²) in [4.78, 5) is 0. The van der Waals surface area contributed by atoms with Gasteiger partial charge in [0.15, 0.2) is 5.75 Å². The smallest absolute Gasteiger partial charge is 0.332 e. The Hall–Kier alpha value is -1.49. The fraction of sp³-hybridized carbons (Fsp3) is 0.111. The van der Waals surface area contributed by atoms with Gasteiger partial charge >= 0.3 is 10.1 Å². The molecule has 0 fully saturated rings. The Morgan fingerprint density at radius 3 is 2.86 bits per heavy atom. The van der Waals surface area contributed by atoms with Crippen LogP contribution in [0.1, 0.15) is 5.56 Å². The zero-order chi connectivity index (χ0) is 10.2. The lowest BCUT2D eigenvalue weighted by Crippen LogP contribution is -2.09. The molecule has 4 nitrogen and oxygen atoms in total. The van der Waals surface area contributed by atoms with Gasteiger partial charge in [0.25, 0.3) is 0 Å². The van der Waals surface area contributed by atoms with E-state index in [0.29, 0.717) is 11.5 Å². The van der Waals surface area contributed by atoms with E-state index in [2.05, 4.69) is 0 Å². The van der Waals surface area contributed by atoms with Crippen LogP contribution in [0.25, 0.3) is 6.08 Å². The monoisotopic (exact) mass is 212 g/mol. The van der Waals surface area contributed by atoms with Gasteiger partial charge in [-0.25, -0.2) is 0 Å². The molecule has 0 bridgehead atoms. The summed E-state index contributed by atoms with van der Waals surface area (Å²) in [6, 6.07) is 5.01. The zero-order valence-corrected chi connectivity index (χ0v) is 8.24. The first-order valence-corrected chi connectivity index (χ1v) is 5.38. The lowest BCUT2D eigenvalue weighted by Gasteiger charge is -2.12. The molecule has 0 aromatic heterocycles. The van der Waals surface area contributed by atoms with Gasteiger partial charge in [-0.05, 0) is 18.2 Å². The van der Waals surface area contributed by atoms with Crippen molar-refractivity contribution < 1.29 is 17.3 Å². The Balaban J connectivity index is 2.53. The fourth-order valence-electron chi connectivity index (χ4n) is 1.16. The SMILES string of the molecule is COc1ccc2c(c1)OS(=O)(=O)C=C2. The van der Waals surface area contributed by atoms with Crippen LogP contribution < -0.4 is 8.92 Å². The lowest BCUT2D eigenvalue weighted by molar-refractivity contribution is 0.411. The molecule has 0 spiro atoms. The van der Waals surface area contributed by atoms with Crippen molar-refractivity contribution in [2.75, 3.05) is 7.11 Å². The molecule has 5 heteroatoms. The first kappa shape index (κ1) is 9.08. The molecule has 0 radical (unpaired) electrons. The maximum atomic E-state index is 11.1. The highest BCUT2D eigenvalue weighted by Gasteiger charge is 2.16. The van der Waals surface area contributed by atoms with Gasteiger partial charge in [0, 0.05) is 11.6 Å². The average molecular weight is 212 g/mol. The van der Waals surface area contributed by atoms with Crippen molar-refractivity contribution in [3.63, 3.8) is 0 Å².